The monoisotopic (exact) mass is 754 g/mol. The zero-order valence-electron chi connectivity index (χ0n) is 29.8. The van der Waals surface area contributed by atoms with E-state index in [0.29, 0.717) is 40.9 Å². The number of carbonyl (C=O) groups excluding carboxylic acids is 3. The highest BCUT2D eigenvalue weighted by Gasteiger charge is 2.56. The molecule has 0 unspecified atom stereocenters. The highest BCUT2D eigenvalue weighted by molar-refractivity contribution is 7.53. The number of hydrogen-bond donors (Lipinski definition) is 2. The number of hydrogen-bond acceptors (Lipinski definition) is 10. The van der Waals surface area contributed by atoms with Crippen molar-refractivity contribution in [3.63, 3.8) is 0 Å². The molecule has 0 bridgehead atoms. The maximum Gasteiger partial charge on any atom is 0.349 e. The summed E-state index contributed by atoms with van der Waals surface area (Å²) in [6, 6.07) is 13.9. The van der Waals surface area contributed by atoms with Crippen LogP contribution in [0.5, 0.6) is 23.0 Å². The molecule has 0 spiro atoms. The standard InChI is InChI=1S/C37H41F2N4O9P/c1-5-34(44)43(23-53(47,50-6-2)51-7-3)18-19-49-33-22-29-27(21-32(33)48-4)30(14-17-40-29)52-31-13-12-26(20-28(31)39)42-36(46)37(15-16-37)35(45)41-25-10-8-24(38)9-11-25/h8-14,17,20-22H,5-7,15-16,18-19,23H2,1-4H3,(H,41,45)(H,42,46). The molecule has 1 aromatic heterocycles. The molecule has 1 aliphatic carbocycles. The fraction of sp³-hybridized carbons (Fsp3) is 0.351. The van der Waals surface area contributed by atoms with Crippen LogP contribution in [-0.4, -0.2) is 67.4 Å². The van der Waals surface area contributed by atoms with Gasteiger partial charge in [-0.1, -0.05) is 6.92 Å². The smallest absolute Gasteiger partial charge is 0.349 e. The first kappa shape index (κ1) is 39.1. The van der Waals surface area contributed by atoms with Gasteiger partial charge in [0.2, 0.25) is 17.7 Å². The summed E-state index contributed by atoms with van der Waals surface area (Å²) in [5.41, 5.74) is -0.400. The van der Waals surface area contributed by atoms with E-state index in [1.165, 1.54) is 54.6 Å². The molecule has 16 heteroatoms. The molecule has 13 nitrogen and oxygen atoms in total. The largest absolute Gasteiger partial charge is 0.493 e. The number of carbonyl (C=O) groups is 3. The molecule has 0 saturated heterocycles. The highest BCUT2D eigenvalue weighted by Crippen LogP contribution is 2.49. The van der Waals surface area contributed by atoms with E-state index in [2.05, 4.69) is 15.6 Å². The summed E-state index contributed by atoms with van der Waals surface area (Å²) in [6.45, 7) is 5.53. The molecule has 0 atom stereocenters. The number of pyridine rings is 1. The predicted octanol–water partition coefficient (Wildman–Crippen LogP) is 7.51. The molecule has 1 fully saturated rings. The molecular formula is C37H41F2N4O9P. The molecular weight excluding hydrogens is 713 g/mol. The van der Waals surface area contributed by atoms with E-state index >= 15 is 4.39 Å². The molecule has 3 amide bonds. The Bertz CT molecular complexity index is 2000. The summed E-state index contributed by atoms with van der Waals surface area (Å²) >= 11 is 0. The van der Waals surface area contributed by atoms with Crippen molar-refractivity contribution in [3.05, 3.63) is 78.5 Å². The molecule has 1 heterocycles. The van der Waals surface area contributed by atoms with E-state index in [1.807, 2.05) is 0 Å². The van der Waals surface area contributed by atoms with Crippen LogP contribution < -0.4 is 24.8 Å². The van der Waals surface area contributed by atoms with Gasteiger partial charge in [-0.15, -0.1) is 0 Å². The van der Waals surface area contributed by atoms with E-state index in [9.17, 15) is 23.3 Å². The van der Waals surface area contributed by atoms with Crippen molar-refractivity contribution in [2.75, 3.05) is 50.4 Å². The number of nitrogens with zero attached hydrogens (tertiary/aromatic N) is 2. The van der Waals surface area contributed by atoms with Crippen LogP contribution in [0.3, 0.4) is 0 Å². The normalized spacial score (nSPS) is 13.2. The van der Waals surface area contributed by atoms with Crippen LogP contribution in [0.1, 0.15) is 40.0 Å². The SMILES string of the molecule is CCOP(=O)(CN(CCOc1cc2nccc(Oc3ccc(NC(=O)C4(C(=O)Nc5ccc(F)cc5)CC4)cc3F)c2cc1OC)C(=O)CC)OCC. The van der Waals surface area contributed by atoms with Crippen molar-refractivity contribution in [1.29, 1.82) is 0 Å². The molecule has 53 heavy (non-hydrogen) atoms. The predicted molar refractivity (Wildman–Crippen MR) is 193 cm³/mol. The lowest BCUT2D eigenvalue weighted by Gasteiger charge is -2.27. The average Bonchev–Trinajstić information content (AvgIpc) is 3.96. The van der Waals surface area contributed by atoms with Gasteiger partial charge in [0, 0.05) is 41.5 Å². The number of fused-ring (bicyclic) bond motifs is 1. The number of aromatic nitrogens is 1. The van der Waals surface area contributed by atoms with Gasteiger partial charge in [0.25, 0.3) is 0 Å². The van der Waals surface area contributed by atoms with Crippen molar-refractivity contribution in [3.8, 4) is 23.0 Å². The lowest BCUT2D eigenvalue weighted by atomic mass is 10.0. The highest BCUT2D eigenvalue weighted by atomic mass is 31.2. The summed E-state index contributed by atoms with van der Waals surface area (Å²) in [5, 5.41) is 5.73. The van der Waals surface area contributed by atoms with E-state index in [4.69, 9.17) is 23.3 Å². The number of benzene rings is 3. The second-order valence-corrected chi connectivity index (χ2v) is 14.0. The Kier molecular flexibility index (Phi) is 12.7. The molecule has 282 valence electrons. The minimum absolute atomic E-state index is 0.0240. The second kappa shape index (κ2) is 17.1. The lowest BCUT2D eigenvalue weighted by Crippen LogP contribution is -2.35. The van der Waals surface area contributed by atoms with Crippen LogP contribution >= 0.6 is 7.60 Å². The van der Waals surface area contributed by atoms with Gasteiger partial charge in [-0.3, -0.25) is 23.9 Å². The summed E-state index contributed by atoms with van der Waals surface area (Å²) in [4.78, 5) is 44.4. The first-order chi connectivity index (χ1) is 25.4. The fourth-order valence-electron chi connectivity index (χ4n) is 5.47. The van der Waals surface area contributed by atoms with Gasteiger partial charge < -0.3 is 38.8 Å². The summed E-state index contributed by atoms with van der Waals surface area (Å²) < 4.78 is 69.9. The molecule has 5 rings (SSSR count). The Hall–Kier alpha value is -5.11. The number of amides is 3. The summed E-state index contributed by atoms with van der Waals surface area (Å²) in [5.74, 6) is -1.85. The second-order valence-electron chi connectivity index (χ2n) is 12.0. The number of halogens is 2. The third-order valence-corrected chi connectivity index (χ3v) is 10.4. The van der Waals surface area contributed by atoms with Crippen molar-refractivity contribution in [1.82, 2.24) is 9.88 Å². The van der Waals surface area contributed by atoms with Crippen molar-refractivity contribution >= 4 is 47.6 Å². The molecule has 1 saturated carbocycles. The van der Waals surface area contributed by atoms with Gasteiger partial charge in [0.1, 0.15) is 29.9 Å². The van der Waals surface area contributed by atoms with Crippen LogP contribution in [0.4, 0.5) is 20.2 Å². The Labute approximate surface area is 305 Å². The minimum Gasteiger partial charge on any atom is -0.493 e. The number of rotatable bonds is 18. The lowest BCUT2D eigenvalue weighted by molar-refractivity contribution is -0.131. The topological polar surface area (TPSA) is 155 Å². The number of ether oxygens (including phenoxy) is 3. The maximum absolute atomic E-state index is 15.4. The van der Waals surface area contributed by atoms with E-state index in [-0.39, 0.29) is 62.2 Å². The average molecular weight is 755 g/mol. The molecule has 0 radical (unpaired) electrons. The Morgan fingerprint density at radius 2 is 1.51 bits per heavy atom. The molecule has 3 aromatic carbocycles. The quantitative estimate of drug-likeness (QED) is 0.0771. The third kappa shape index (κ3) is 9.47. The summed E-state index contributed by atoms with van der Waals surface area (Å²) in [6.07, 6.45) is 2.06. The molecule has 2 N–H and O–H groups in total. The zero-order valence-corrected chi connectivity index (χ0v) is 30.7. The van der Waals surface area contributed by atoms with Crippen LogP contribution in [-0.2, 0) is 28.0 Å². The van der Waals surface area contributed by atoms with E-state index < -0.39 is 36.5 Å². The van der Waals surface area contributed by atoms with E-state index in [0.717, 1.165) is 6.07 Å². The summed E-state index contributed by atoms with van der Waals surface area (Å²) in [7, 11) is -2.09. The number of nitrogens with one attached hydrogen (secondary N) is 2. The van der Waals surface area contributed by atoms with Gasteiger partial charge in [-0.05, 0) is 75.2 Å². The number of anilines is 2. The van der Waals surface area contributed by atoms with Gasteiger partial charge >= 0.3 is 7.60 Å². The van der Waals surface area contributed by atoms with Gasteiger partial charge in [-0.2, -0.15) is 0 Å². The van der Waals surface area contributed by atoms with Crippen LogP contribution in [0.15, 0.2) is 66.9 Å². The zero-order chi connectivity index (χ0) is 38.2. The van der Waals surface area contributed by atoms with Gasteiger partial charge in [0.05, 0.1) is 32.4 Å². The van der Waals surface area contributed by atoms with Gasteiger partial charge in [0.15, 0.2) is 23.1 Å². The Morgan fingerprint density at radius 3 is 2.11 bits per heavy atom. The van der Waals surface area contributed by atoms with Gasteiger partial charge in [-0.25, -0.2) is 8.78 Å². The van der Waals surface area contributed by atoms with E-state index in [1.54, 1.807) is 39.0 Å². The van der Waals surface area contributed by atoms with Crippen LogP contribution in [0.25, 0.3) is 10.9 Å². The number of methoxy groups -OCH3 is 1. The molecule has 0 aliphatic heterocycles. The Morgan fingerprint density at radius 1 is 0.849 bits per heavy atom. The molecule has 4 aromatic rings. The minimum atomic E-state index is -3.54. The first-order valence-corrected chi connectivity index (χ1v) is 18.8. The van der Waals surface area contributed by atoms with Crippen molar-refractivity contribution in [2.45, 2.75) is 40.0 Å². The van der Waals surface area contributed by atoms with Crippen LogP contribution in [0, 0.1) is 17.0 Å². The van der Waals surface area contributed by atoms with Crippen molar-refractivity contribution in [2.24, 2.45) is 5.41 Å². The maximum atomic E-state index is 15.4. The molecule has 1 aliphatic rings. The van der Waals surface area contributed by atoms with Crippen molar-refractivity contribution < 1.29 is 51.0 Å². The fourth-order valence-corrected chi connectivity index (χ4v) is 7.21. The van der Waals surface area contributed by atoms with Crippen LogP contribution in [0.2, 0.25) is 0 Å². The first-order valence-electron chi connectivity index (χ1n) is 17.1. The Balaban J connectivity index is 1.26. The third-order valence-electron chi connectivity index (χ3n) is 8.39.